The van der Waals surface area contributed by atoms with Crippen molar-refractivity contribution in [2.45, 2.75) is 84.4 Å². The zero-order valence-corrected chi connectivity index (χ0v) is 21.8. The number of rotatable bonds is 14. The van der Waals surface area contributed by atoms with Gasteiger partial charge in [-0.3, -0.25) is 4.84 Å². The highest BCUT2D eigenvalue weighted by atomic mass is 32.1. The van der Waals surface area contributed by atoms with Gasteiger partial charge in [-0.05, 0) is 55.5 Å². The molecule has 3 unspecified atom stereocenters. The van der Waals surface area contributed by atoms with Gasteiger partial charge in [-0.1, -0.05) is 70.5 Å². The van der Waals surface area contributed by atoms with Gasteiger partial charge in [0, 0.05) is 4.88 Å². The summed E-state index contributed by atoms with van der Waals surface area (Å²) in [4.78, 5) is 20.9. The smallest absolute Gasteiger partial charge is 0.337 e. The molecule has 0 amide bonds. The van der Waals surface area contributed by atoms with Crippen molar-refractivity contribution >= 4 is 17.3 Å². The van der Waals surface area contributed by atoms with Crippen molar-refractivity contribution in [3.63, 3.8) is 0 Å². The van der Waals surface area contributed by atoms with Crippen molar-refractivity contribution in [3.05, 3.63) is 58.3 Å². The van der Waals surface area contributed by atoms with Crippen LogP contribution in [0.2, 0.25) is 0 Å². The first-order chi connectivity index (χ1) is 15.7. The molecule has 2 rings (SSSR count). The van der Waals surface area contributed by atoms with Gasteiger partial charge in [0.2, 0.25) is 0 Å². The predicted octanol–water partition coefficient (Wildman–Crippen LogP) is 6.36. The van der Waals surface area contributed by atoms with Crippen LogP contribution in [0, 0.1) is 5.92 Å². The molecule has 3 atom stereocenters. The fourth-order valence-corrected chi connectivity index (χ4v) is 4.78. The quantitative estimate of drug-likeness (QED) is 0.196. The van der Waals surface area contributed by atoms with Gasteiger partial charge in [-0.25, -0.2) is 4.79 Å². The highest BCUT2D eigenvalue weighted by Crippen LogP contribution is 2.38. The normalized spacial score (nSPS) is 14.9. The standard InChI is InChI=1S/C27H41NO4S/c1-7-8-16-31-26(30)23(18-21(4)22-13-10-9-11-14-22)32-28(27(5,6)19-29)25(20(2)3)24-15-12-17-33-24/h9-15,17,20-21,23,25,29H,7-8,16,18-19H2,1-6H3. The van der Waals surface area contributed by atoms with E-state index in [9.17, 15) is 9.90 Å². The molecule has 5 nitrogen and oxygen atoms in total. The van der Waals surface area contributed by atoms with Crippen LogP contribution in [0.25, 0.3) is 0 Å². The summed E-state index contributed by atoms with van der Waals surface area (Å²) in [7, 11) is 0. The van der Waals surface area contributed by atoms with E-state index in [0.29, 0.717) is 13.0 Å². The van der Waals surface area contributed by atoms with Gasteiger partial charge < -0.3 is 9.84 Å². The number of ether oxygens (including phenoxy) is 1. The number of thiophene rings is 1. The van der Waals surface area contributed by atoms with Crippen molar-refractivity contribution in [3.8, 4) is 0 Å². The molecular weight excluding hydrogens is 434 g/mol. The molecule has 0 saturated carbocycles. The molecule has 2 aromatic rings. The van der Waals surface area contributed by atoms with Crippen molar-refractivity contribution in [2.75, 3.05) is 13.2 Å². The Hall–Kier alpha value is -1.73. The fraction of sp³-hybridized carbons (Fsp3) is 0.593. The van der Waals surface area contributed by atoms with E-state index in [-0.39, 0.29) is 30.5 Å². The number of hydroxylamine groups is 2. The molecule has 1 N–H and O–H groups in total. The van der Waals surface area contributed by atoms with Crippen LogP contribution in [0.1, 0.15) is 83.2 Å². The maximum atomic E-state index is 13.2. The van der Waals surface area contributed by atoms with Gasteiger partial charge in [-0.15, -0.1) is 11.3 Å². The molecule has 1 heterocycles. The zero-order chi connectivity index (χ0) is 24.4. The second-order valence-electron chi connectivity index (χ2n) is 9.66. The van der Waals surface area contributed by atoms with Crippen LogP contribution in [0.3, 0.4) is 0 Å². The number of hydrogen-bond acceptors (Lipinski definition) is 6. The predicted molar refractivity (Wildman–Crippen MR) is 135 cm³/mol. The Balaban J connectivity index is 2.37. The lowest BCUT2D eigenvalue weighted by Crippen LogP contribution is -2.52. The highest BCUT2D eigenvalue weighted by Gasteiger charge is 2.40. The number of benzene rings is 1. The molecule has 0 radical (unpaired) electrons. The molecule has 1 aromatic heterocycles. The summed E-state index contributed by atoms with van der Waals surface area (Å²) < 4.78 is 5.61. The summed E-state index contributed by atoms with van der Waals surface area (Å²) in [5.41, 5.74) is 0.454. The summed E-state index contributed by atoms with van der Waals surface area (Å²) in [5.74, 6) is -0.0373. The lowest BCUT2D eigenvalue weighted by molar-refractivity contribution is -0.283. The molecule has 6 heteroatoms. The molecule has 33 heavy (non-hydrogen) atoms. The van der Waals surface area contributed by atoms with Gasteiger partial charge in [-0.2, -0.15) is 5.06 Å². The Morgan fingerprint density at radius 1 is 1.12 bits per heavy atom. The van der Waals surface area contributed by atoms with E-state index in [1.807, 2.05) is 48.6 Å². The largest absolute Gasteiger partial charge is 0.464 e. The Kier molecular flexibility index (Phi) is 11.0. The number of aliphatic hydroxyl groups excluding tert-OH is 1. The van der Waals surface area contributed by atoms with Gasteiger partial charge in [0.25, 0.3) is 0 Å². The fourth-order valence-electron chi connectivity index (χ4n) is 3.80. The SMILES string of the molecule is CCCCOC(=O)C(CC(C)c1ccccc1)ON(C(c1cccs1)C(C)C)C(C)(C)CO. The molecular formula is C27H41NO4S. The minimum atomic E-state index is -0.774. The highest BCUT2D eigenvalue weighted by molar-refractivity contribution is 7.10. The van der Waals surface area contributed by atoms with E-state index in [4.69, 9.17) is 9.57 Å². The molecule has 0 aliphatic heterocycles. The summed E-state index contributed by atoms with van der Waals surface area (Å²) in [5, 5.41) is 14.1. The molecule has 184 valence electrons. The number of aliphatic hydroxyl groups is 1. The summed E-state index contributed by atoms with van der Waals surface area (Å²) in [6.45, 7) is 12.6. The molecule has 0 fully saturated rings. The Bertz CT molecular complexity index is 807. The maximum Gasteiger partial charge on any atom is 0.337 e. The van der Waals surface area contributed by atoms with Gasteiger partial charge in [0.15, 0.2) is 6.10 Å². The molecule has 1 aromatic carbocycles. The number of unbranched alkanes of at least 4 members (excludes halogenated alkanes) is 1. The van der Waals surface area contributed by atoms with E-state index < -0.39 is 11.6 Å². The summed E-state index contributed by atoms with van der Waals surface area (Å²) in [6, 6.07) is 14.1. The second-order valence-corrected chi connectivity index (χ2v) is 10.6. The number of carbonyl (C=O) groups excluding carboxylic acids is 1. The topological polar surface area (TPSA) is 59.0 Å². The summed E-state index contributed by atoms with van der Waals surface area (Å²) >= 11 is 1.66. The third-order valence-electron chi connectivity index (χ3n) is 5.88. The van der Waals surface area contributed by atoms with E-state index in [0.717, 1.165) is 23.3 Å². The van der Waals surface area contributed by atoms with E-state index >= 15 is 0 Å². The third kappa shape index (κ3) is 7.92. The van der Waals surface area contributed by atoms with E-state index in [1.54, 1.807) is 11.3 Å². The van der Waals surface area contributed by atoms with Crippen molar-refractivity contribution in [1.29, 1.82) is 0 Å². The van der Waals surface area contributed by atoms with Crippen LogP contribution in [-0.2, 0) is 14.4 Å². The van der Waals surface area contributed by atoms with Crippen molar-refractivity contribution < 1.29 is 19.5 Å². The zero-order valence-electron chi connectivity index (χ0n) is 21.0. The van der Waals surface area contributed by atoms with Crippen molar-refractivity contribution in [1.82, 2.24) is 5.06 Å². The average Bonchev–Trinajstić information content (AvgIpc) is 3.32. The van der Waals surface area contributed by atoms with Crippen LogP contribution >= 0.6 is 11.3 Å². The Morgan fingerprint density at radius 2 is 1.82 bits per heavy atom. The number of hydrogen-bond donors (Lipinski definition) is 1. The summed E-state index contributed by atoms with van der Waals surface area (Å²) in [6.07, 6.45) is 1.49. The lowest BCUT2D eigenvalue weighted by Gasteiger charge is -2.44. The second kappa shape index (κ2) is 13.2. The first-order valence-corrected chi connectivity index (χ1v) is 12.9. The molecule has 0 aliphatic rings. The maximum absolute atomic E-state index is 13.2. The van der Waals surface area contributed by atoms with Crippen LogP contribution in [0.4, 0.5) is 0 Å². The lowest BCUT2D eigenvalue weighted by atomic mass is 9.94. The molecule has 0 aliphatic carbocycles. The number of carbonyl (C=O) groups is 1. The van der Waals surface area contributed by atoms with E-state index in [1.165, 1.54) is 0 Å². The molecule has 0 spiro atoms. The first kappa shape index (κ1) is 27.5. The minimum Gasteiger partial charge on any atom is -0.464 e. The van der Waals surface area contributed by atoms with Crippen LogP contribution in [0.5, 0.6) is 0 Å². The van der Waals surface area contributed by atoms with E-state index in [2.05, 4.69) is 45.9 Å². The van der Waals surface area contributed by atoms with Crippen LogP contribution in [-0.4, -0.2) is 41.0 Å². The monoisotopic (exact) mass is 475 g/mol. The van der Waals surface area contributed by atoms with Crippen LogP contribution < -0.4 is 0 Å². The average molecular weight is 476 g/mol. The Labute approximate surface area is 203 Å². The Morgan fingerprint density at radius 3 is 2.36 bits per heavy atom. The number of nitrogens with zero attached hydrogens (tertiary/aromatic N) is 1. The third-order valence-corrected chi connectivity index (χ3v) is 6.83. The first-order valence-electron chi connectivity index (χ1n) is 12.0. The van der Waals surface area contributed by atoms with Gasteiger partial charge >= 0.3 is 5.97 Å². The van der Waals surface area contributed by atoms with Gasteiger partial charge in [0.05, 0.1) is 24.8 Å². The number of esters is 1. The van der Waals surface area contributed by atoms with Crippen molar-refractivity contribution in [2.24, 2.45) is 5.92 Å². The molecule has 0 saturated heterocycles. The van der Waals surface area contributed by atoms with Crippen LogP contribution in [0.15, 0.2) is 47.8 Å². The minimum absolute atomic E-state index is 0.104. The van der Waals surface area contributed by atoms with Gasteiger partial charge in [0.1, 0.15) is 0 Å². The molecule has 0 bridgehead atoms.